The van der Waals surface area contributed by atoms with Gasteiger partial charge in [-0.05, 0) is 72.1 Å². The van der Waals surface area contributed by atoms with E-state index < -0.39 is 0 Å². The van der Waals surface area contributed by atoms with Crippen LogP contribution in [0, 0.1) is 6.92 Å². The molecule has 0 bridgehead atoms. The van der Waals surface area contributed by atoms with Crippen LogP contribution in [0.1, 0.15) is 46.0 Å². The van der Waals surface area contributed by atoms with Crippen LogP contribution >= 0.6 is 15.9 Å². The molecule has 0 saturated carbocycles. The minimum Gasteiger partial charge on any atom is -0.462 e. The van der Waals surface area contributed by atoms with Gasteiger partial charge in [0.05, 0.1) is 22.3 Å². The van der Waals surface area contributed by atoms with Crippen LogP contribution in [0.25, 0.3) is 5.65 Å². The molecule has 2 aromatic heterocycles. The lowest BCUT2D eigenvalue weighted by Crippen LogP contribution is -2.16. The lowest BCUT2D eigenvalue weighted by atomic mass is 10.2. The lowest BCUT2D eigenvalue weighted by molar-refractivity contribution is 0.0526. The Balaban J connectivity index is 1.91. The molecule has 3 aromatic rings. The van der Waals surface area contributed by atoms with Crippen molar-refractivity contribution < 1.29 is 14.3 Å². The van der Waals surface area contributed by atoms with E-state index in [1.807, 2.05) is 26.1 Å². The summed E-state index contributed by atoms with van der Waals surface area (Å²) in [4.78, 5) is 29.3. The van der Waals surface area contributed by atoms with E-state index in [1.54, 1.807) is 35.6 Å². The van der Waals surface area contributed by atoms with E-state index in [2.05, 4.69) is 26.2 Å². The van der Waals surface area contributed by atoms with Gasteiger partial charge in [-0.1, -0.05) is 6.92 Å². The molecular formula is C20H20BrN3O3. The molecule has 0 aliphatic rings. The summed E-state index contributed by atoms with van der Waals surface area (Å²) in [6.45, 7) is 6.01. The Morgan fingerprint density at radius 3 is 2.56 bits per heavy atom. The number of pyridine rings is 1. The number of fused-ring (bicyclic) bond motifs is 1. The molecule has 0 spiro atoms. The standard InChI is InChI=1S/C20H20BrN3O3/c1-4-16-17(24-11-12(3)10-15(21)18(24)23-16)19(25)22-14-8-6-13(7-9-14)20(26)27-5-2/h6-11H,4-5H2,1-3H3,(H,22,25). The van der Waals surface area contributed by atoms with Gasteiger partial charge in [0.25, 0.3) is 5.91 Å². The Morgan fingerprint density at radius 1 is 1.22 bits per heavy atom. The highest BCUT2D eigenvalue weighted by molar-refractivity contribution is 9.10. The van der Waals surface area contributed by atoms with Gasteiger partial charge in [-0.15, -0.1) is 0 Å². The molecule has 140 valence electrons. The van der Waals surface area contributed by atoms with E-state index in [0.717, 1.165) is 15.7 Å². The molecule has 0 aliphatic carbocycles. The van der Waals surface area contributed by atoms with Crippen molar-refractivity contribution >= 4 is 39.1 Å². The van der Waals surface area contributed by atoms with Crippen molar-refractivity contribution in [2.75, 3.05) is 11.9 Å². The predicted molar refractivity (Wildman–Crippen MR) is 107 cm³/mol. The van der Waals surface area contributed by atoms with Crippen molar-refractivity contribution in [2.24, 2.45) is 0 Å². The fraction of sp³-hybridized carbons (Fsp3) is 0.250. The van der Waals surface area contributed by atoms with Crippen LogP contribution in [0.3, 0.4) is 0 Å². The number of anilines is 1. The van der Waals surface area contributed by atoms with Crippen LogP contribution in [-0.2, 0) is 11.2 Å². The number of nitrogens with one attached hydrogen (secondary N) is 1. The zero-order valence-electron chi connectivity index (χ0n) is 15.4. The van der Waals surface area contributed by atoms with Gasteiger partial charge >= 0.3 is 5.97 Å². The van der Waals surface area contributed by atoms with E-state index in [-0.39, 0.29) is 11.9 Å². The topological polar surface area (TPSA) is 72.7 Å². The molecular weight excluding hydrogens is 410 g/mol. The number of halogens is 1. The van der Waals surface area contributed by atoms with Crippen LogP contribution < -0.4 is 5.32 Å². The summed E-state index contributed by atoms with van der Waals surface area (Å²) in [5.74, 6) is -0.633. The number of aromatic nitrogens is 2. The normalized spacial score (nSPS) is 10.8. The Labute approximate surface area is 165 Å². The molecule has 0 atom stereocenters. The Bertz CT molecular complexity index is 1010. The third kappa shape index (κ3) is 3.88. The number of rotatable bonds is 5. The number of hydrogen-bond donors (Lipinski definition) is 1. The van der Waals surface area contributed by atoms with E-state index >= 15 is 0 Å². The maximum absolute atomic E-state index is 12.9. The summed E-state index contributed by atoms with van der Waals surface area (Å²) in [6.07, 6.45) is 2.53. The van der Waals surface area contributed by atoms with Crippen LogP contribution in [0.2, 0.25) is 0 Å². The first kappa shape index (κ1) is 19.1. The average molecular weight is 430 g/mol. The molecule has 1 amide bonds. The van der Waals surface area contributed by atoms with Gasteiger partial charge in [0, 0.05) is 11.9 Å². The maximum Gasteiger partial charge on any atom is 0.338 e. The first-order valence-corrected chi connectivity index (χ1v) is 9.49. The summed E-state index contributed by atoms with van der Waals surface area (Å²) >= 11 is 3.52. The number of nitrogens with zero attached hydrogens (tertiary/aromatic N) is 2. The maximum atomic E-state index is 12.9. The summed E-state index contributed by atoms with van der Waals surface area (Å²) in [6, 6.07) is 8.59. The Morgan fingerprint density at radius 2 is 1.93 bits per heavy atom. The van der Waals surface area contributed by atoms with E-state index in [0.29, 0.717) is 35.6 Å². The van der Waals surface area contributed by atoms with Crippen LogP contribution in [0.5, 0.6) is 0 Å². The number of benzene rings is 1. The molecule has 27 heavy (non-hydrogen) atoms. The predicted octanol–water partition coefficient (Wildman–Crippen LogP) is 4.40. The van der Waals surface area contributed by atoms with Gasteiger partial charge in [0.15, 0.2) is 5.65 Å². The third-order valence-electron chi connectivity index (χ3n) is 4.09. The molecule has 0 aliphatic heterocycles. The monoisotopic (exact) mass is 429 g/mol. The number of imidazole rings is 1. The van der Waals surface area contributed by atoms with Crippen molar-refractivity contribution in [3.63, 3.8) is 0 Å². The summed E-state index contributed by atoms with van der Waals surface area (Å²) in [7, 11) is 0. The van der Waals surface area contributed by atoms with Gasteiger partial charge in [0.1, 0.15) is 5.69 Å². The molecule has 0 fully saturated rings. The lowest BCUT2D eigenvalue weighted by Gasteiger charge is -2.08. The van der Waals surface area contributed by atoms with Crippen molar-refractivity contribution in [1.82, 2.24) is 9.38 Å². The number of amides is 1. The number of hydrogen-bond acceptors (Lipinski definition) is 4. The van der Waals surface area contributed by atoms with Crippen LogP contribution in [-0.4, -0.2) is 27.9 Å². The van der Waals surface area contributed by atoms with Crippen LogP contribution in [0.15, 0.2) is 41.0 Å². The first-order valence-electron chi connectivity index (χ1n) is 8.70. The van der Waals surface area contributed by atoms with E-state index in [9.17, 15) is 9.59 Å². The highest BCUT2D eigenvalue weighted by atomic mass is 79.9. The van der Waals surface area contributed by atoms with Crippen molar-refractivity contribution in [3.05, 3.63) is 63.5 Å². The molecule has 0 unspecified atom stereocenters. The average Bonchev–Trinajstić information content (AvgIpc) is 3.01. The fourth-order valence-corrected chi connectivity index (χ4v) is 3.50. The number of carbonyl (C=O) groups excluding carboxylic acids is 2. The molecule has 7 heteroatoms. The molecule has 0 radical (unpaired) electrons. The zero-order valence-corrected chi connectivity index (χ0v) is 17.0. The minimum atomic E-state index is -0.384. The summed E-state index contributed by atoms with van der Waals surface area (Å²) < 4.78 is 7.62. The molecule has 1 N–H and O–H groups in total. The van der Waals surface area contributed by atoms with Crippen molar-refractivity contribution in [3.8, 4) is 0 Å². The van der Waals surface area contributed by atoms with Gasteiger partial charge in [-0.25, -0.2) is 9.78 Å². The molecule has 0 saturated heterocycles. The number of aryl methyl sites for hydroxylation is 2. The van der Waals surface area contributed by atoms with E-state index in [4.69, 9.17) is 4.74 Å². The van der Waals surface area contributed by atoms with Crippen LogP contribution in [0.4, 0.5) is 5.69 Å². The van der Waals surface area contributed by atoms with Gasteiger partial charge < -0.3 is 10.1 Å². The molecule has 1 aromatic carbocycles. The molecule has 6 nitrogen and oxygen atoms in total. The summed E-state index contributed by atoms with van der Waals surface area (Å²) in [5.41, 5.74) is 3.99. The fourth-order valence-electron chi connectivity index (χ4n) is 2.86. The highest BCUT2D eigenvalue weighted by Gasteiger charge is 2.20. The number of ether oxygens (including phenoxy) is 1. The Hall–Kier alpha value is -2.67. The molecule has 2 heterocycles. The second-order valence-corrected chi connectivity index (χ2v) is 6.93. The van der Waals surface area contributed by atoms with Gasteiger partial charge in [0.2, 0.25) is 0 Å². The van der Waals surface area contributed by atoms with Gasteiger partial charge in [-0.3, -0.25) is 9.20 Å². The minimum absolute atomic E-state index is 0.249. The Kier molecular flexibility index (Phi) is 5.60. The molecule has 3 rings (SSSR count). The van der Waals surface area contributed by atoms with Crippen molar-refractivity contribution in [1.29, 1.82) is 0 Å². The van der Waals surface area contributed by atoms with Crippen molar-refractivity contribution in [2.45, 2.75) is 27.2 Å². The second-order valence-electron chi connectivity index (χ2n) is 6.07. The third-order valence-corrected chi connectivity index (χ3v) is 4.67. The zero-order chi connectivity index (χ0) is 19.6. The quantitative estimate of drug-likeness (QED) is 0.610. The number of esters is 1. The van der Waals surface area contributed by atoms with Gasteiger partial charge in [-0.2, -0.15) is 0 Å². The highest BCUT2D eigenvalue weighted by Crippen LogP contribution is 2.24. The second kappa shape index (κ2) is 7.92. The van der Waals surface area contributed by atoms with E-state index in [1.165, 1.54) is 0 Å². The SMILES string of the molecule is CCOC(=O)c1ccc(NC(=O)c2c(CC)nc3c(Br)cc(C)cn23)cc1. The largest absolute Gasteiger partial charge is 0.462 e. The number of carbonyl (C=O) groups is 2. The summed E-state index contributed by atoms with van der Waals surface area (Å²) in [5, 5.41) is 2.88. The smallest absolute Gasteiger partial charge is 0.338 e. The first-order chi connectivity index (χ1) is 12.9.